The molecule has 0 radical (unpaired) electrons. The molecule has 0 unspecified atom stereocenters. The largest absolute Gasteiger partial charge is 0.503 e. The van der Waals surface area contributed by atoms with Crippen LogP contribution in [0, 0.1) is 0 Å². The third-order valence-electron chi connectivity index (χ3n) is 4.58. The number of ether oxygens (including phenoxy) is 2. The molecule has 0 saturated heterocycles. The Balaban J connectivity index is 1.90. The summed E-state index contributed by atoms with van der Waals surface area (Å²) in [7, 11) is 0. The molecular formula is C22H36N2O5. The lowest BCUT2D eigenvalue weighted by atomic mass is 10.1. The molecule has 1 rings (SSSR count). The summed E-state index contributed by atoms with van der Waals surface area (Å²) >= 11 is 0. The van der Waals surface area contributed by atoms with Crippen molar-refractivity contribution in [1.82, 2.24) is 10.3 Å². The molecule has 2 N–H and O–H groups in total. The summed E-state index contributed by atoms with van der Waals surface area (Å²) in [4.78, 5) is 26.9. The van der Waals surface area contributed by atoms with Gasteiger partial charge in [-0.15, -0.1) is 0 Å². The van der Waals surface area contributed by atoms with Crippen LogP contribution < -0.4 is 10.1 Å². The summed E-state index contributed by atoms with van der Waals surface area (Å²) in [5.74, 6) is -0.984. The number of hydrogen-bond acceptors (Lipinski definition) is 6. The van der Waals surface area contributed by atoms with Crippen LogP contribution in [0.3, 0.4) is 0 Å². The lowest BCUT2D eigenvalue weighted by Crippen LogP contribution is -2.33. The third-order valence-corrected chi connectivity index (χ3v) is 4.58. The SMILES string of the molecule is CCCCCCCCCCCCCCOC(=O)CNC(=O)Oc1ncccc1O. The lowest BCUT2D eigenvalue weighted by molar-refractivity contribution is -0.142. The minimum absolute atomic E-state index is 0.213. The Labute approximate surface area is 174 Å². The predicted molar refractivity (Wildman–Crippen MR) is 112 cm³/mol. The number of aromatic nitrogens is 1. The normalized spacial score (nSPS) is 10.5. The molecule has 7 nitrogen and oxygen atoms in total. The van der Waals surface area contributed by atoms with E-state index in [1.807, 2.05) is 0 Å². The van der Waals surface area contributed by atoms with Crippen molar-refractivity contribution in [2.24, 2.45) is 0 Å². The van der Waals surface area contributed by atoms with Crippen LogP contribution in [-0.2, 0) is 9.53 Å². The maximum atomic E-state index is 11.6. The molecule has 29 heavy (non-hydrogen) atoms. The first-order chi connectivity index (χ1) is 14.1. The van der Waals surface area contributed by atoms with E-state index in [1.54, 1.807) is 0 Å². The zero-order valence-electron chi connectivity index (χ0n) is 17.7. The fourth-order valence-electron chi connectivity index (χ4n) is 2.91. The van der Waals surface area contributed by atoms with Gasteiger partial charge in [-0.3, -0.25) is 4.79 Å². The number of unbranched alkanes of at least 4 members (excludes halogenated alkanes) is 11. The van der Waals surface area contributed by atoms with Crippen LogP contribution >= 0.6 is 0 Å². The predicted octanol–water partition coefficient (Wildman–Crippen LogP) is 5.12. The van der Waals surface area contributed by atoms with Crippen molar-refractivity contribution in [3.63, 3.8) is 0 Å². The van der Waals surface area contributed by atoms with Crippen molar-refractivity contribution in [3.8, 4) is 11.6 Å². The average Bonchev–Trinajstić information content (AvgIpc) is 2.71. The van der Waals surface area contributed by atoms with Crippen LogP contribution in [0.1, 0.15) is 84.0 Å². The van der Waals surface area contributed by atoms with Gasteiger partial charge in [0.1, 0.15) is 6.54 Å². The molecule has 0 bridgehead atoms. The first-order valence-electron chi connectivity index (χ1n) is 10.9. The summed E-state index contributed by atoms with van der Waals surface area (Å²) in [6, 6.07) is 2.85. The monoisotopic (exact) mass is 408 g/mol. The van der Waals surface area contributed by atoms with Gasteiger partial charge in [0, 0.05) is 6.20 Å². The Morgan fingerprint density at radius 2 is 1.55 bits per heavy atom. The van der Waals surface area contributed by atoms with E-state index in [4.69, 9.17) is 9.47 Å². The molecule has 164 valence electrons. The van der Waals surface area contributed by atoms with Crippen molar-refractivity contribution in [2.45, 2.75) is 84.0 Å². The van der Waals surface area contributed by atoms with Crippen LogP contribution in [0.4, 0.5) is 4.79 Å². The van der Waals surface area contributed by atoms with Crippen LogP contribution in [0.2, 0.25) is 0 Å². The van der Waals surface area contributed by atoms with Crippen molar-refractivity contribution < 1.29 is 24.2 Å². The summed E-state index contributed by atoms with van der Waals surface area (Å²) in [5, 5.41) is 11.7. The van der Waals surface area contributed by atoms with Crippen LogP contribution in [0.15, 0.2) is 18.3 Å². The Bertz CT molecular complexity index is 580. The van der Waals surface area contributed by atoms with Crippen LogP contribution in [-0.4, -0.2) is 35.3 Å². The molecule has 1 amide bonds. The summed E-state index contributed by atoms with van der Waals surface area (Å²) < 4.78 is 9.88. The number of aromatic hydroxyl groups is 1. The van der Waals surface area contributed by atoms with E-state index in [1.165, 1.54) is 76.1 Å². The molecule has 1 aromatic rings. The first-order valence-corrected chi connectivity index (χ1v) is 10.9. The number of pyridine rings is 1. The molecule has 1 aromatic heterocycles. The van der Waals surface area contributed by atoms with E-state index in [0.717, 1.165) is 19.3 Å². The fourth-order valence-corrected chi connectivity index (χ4v) is 2.91. The molecule has 0 aliphatic carbocycles. The van der Waals surface area contributed by atoms with Crippen LogP contribution in [0.25, 0.3) is 0 Å². The maximum absolute atomic E-state index is 11.6. The summed E-state index contributed by atoms with van der Waals surface area (Å²) in [6.07, 6.45) is 15.5. The molecule has 0 aliphatic heterocycles. The topological polar surface area (TPSA) is 97.8 Å². The van der Waals surface area contributed by atoms with Gasteiger partial charge in [-0.2, -0.15) is 0 Å². The Morgan fingerprint density at radius 1 is 0.966 bits per heavy atom. The van der Waals surface area contributed by atoms with E-state index in [-0.39, 0.29) is 18.2 Å². The number of carbonyl (C=O) groups excluding carboxylic acids is 2. The zero-order valence-corrected chi connectivity index (χ0v) is 17.7. The van der Waals surface area contributed by atoms with E-state index in [9.17, 15) is 14.7 Å². The summed E-state index contributed by atoms with van der Waals surface area (Å²) in [6.45, 7) is 2.31. The Hall–Kier alpha value is -2.31. The van der Waals surface area contributed by atoms with E-state index >= 15 is 0 Å². The standard InChI is InChI=1S/C22H36N2O5/c1-2-3-4-5-6-7-8-9-10-11-12-13-17-28-20(26)18-24-22(27)29-21-19(25)15-14-16-23-21/h14-16,25H,2-13,17-18H2,1H3,(H,24,27). The van der Waals surface area contributed by atoms with Crippen molar-refractivity contribution in [2.75, 3.05) is 13.2 Å². The second-order valence-electron chi connectivity index (χ2n) is 7.18. The molecular weight excluding hydrogens is 372 g/mol. The van der Waals surface area contributed by atoms with Gasteiger partial charge in [0.2, 0.25) is 0 Å². The molecule has 0 spiro atoms. The van der Waals surface area contributed by atoms with E-state index < -0.39 is 12.1 Å². The van der Waals surface area contributed by atoms with Gasteiger partial charge in [-0.25, -0.2) is 9.78 Å². The molecule has 0 saturated carbocycles. The van der Waals surface area contributed by atoms with Gasteiger partial charge in [0.15, 0.2) is 5.75 Å². The van der Waals surface area contributed by atoms with Gasteiger partial charge in [0.05, 0.1) is 6.61 Å². The average molecular weight is 409 g/mol. The molecule has 0 aliphatic rings. The van der Waals surface area contributed by atoms with Gasteiger partial charge in [-0.05, 0) is 18.6 Å². The highest BCUT2D eigenvalue weighted by Crippen LogP contribution is 2.20. The minimum Gasteiger partial charge on any atom is -0.503 e. The maximum Gasteiger partial charge on any atom is 0.414 e. The molecule has 7 heteroatoms. The fraction of sp³-hybridized carbons (Fsp3) is 0.682. The smallest absolute Gasteiger partial charge is 0.414 e. The number of hydrogen-bond donors (Lipinski definition) is 2. The van der Waals surface area contributed by atoms with Gasteiger partial charge < -0.3 is 19.9 Å². The Kier molecular flexibility index (Phi) is 14.2. The summed E-state index contributed by atoms with van der Waals surface area (Å²) in [5.41, 5.74) is 0. The van der Waals surface area contributed by atoms with Gasteiger partial charge >= 0.3 is 12.1 Å². The second kappa shape index (κ2) is 16.6. The number of rotatable bonds is 16. The van der Waals surface area contributed by atoms with Gasteiger partial charge in [0.25, 0.3) is 5.88 Å². The molecule has 0 fully saturated rings. The van der Waals surface area contributed by atoms with Gasteiger partial charge in [-0.1, -0.05) is 77.6 Å². The first kappa shape index (κ1) is 24.7. The number of nitrogens with one attached hydrogen (secondary N) is 1. The quantitative estimate of drug-likeness (QED) is 0.291. The number of esters is 1. The molecule has 0 atom stereocenters. The molecule has 0 aromatic carbocycles. The van der Waals surface area contributed by atoms with Crippen molar-refractivity contribution >= 4 is 12.1 Å². The number of amides is 1. The highest BCUT2D eigenvalue weighted by atomic mass is 16.6. The van der Waals surface area contributed by atoms with Crippen molar-refractivity contribution in [3.05, 3.63) is 18.3 Å². The number of carbonyl (C=O) groups is 2. The zero-order chi connectivity index (χ0) is 21.2. The third kappa shape index (κ3) is 13.5. The van der Waals surface area contributed by atoms with E-state index in [2.05, 4.69) is 17.2 Å². The van der Waals surface area contributed by atoms with Crippen molar-refractivity contribution in [1.29, 1.82) is 0 Å². The highest BCUT2D eigenvalue weighted by molar-refractivity contribution is 5.78. The Morgan fingerprint density at radius 3 is 2.14 bits per heavy atom. The van der Waals surface area contributed by atoms with Crippen LogP contribution in [0.5, 0.6) is 11.6 Å². The van der Waals surface area contributed by atoms with E-state index in [0.29, 0.717) is 6.61 Å². The second-order valence-corrected chi connectivity index (χ2v) is 7.18. The molecule has 1 heterocycles. The lowest BCUT2D eigenvalue weighted by Gasteiger charge is -2.07. The number of nitrogens with zero attached hydrogens (tertiary/aromatic N) is 1. The highest BCUT2D eigenvalue weighted by Gasteiger charge is 2.11. The minimum atomic E-state index is -0.874.